The number of nitrogens with zero attached hydrogens (tertiary/aromatic N) is 4. The lowest BCUT2D eigenvalue weighted by Gasteiger charge is -2.16. The molecule has 0 aliphatic carbocycles. The fourth-order valence-corrected chi connectivity index (χ4v) is 2.70. The van der Waals surface area contributed by atoms with Crippen LogP contribution < -0.4 is 0 Å². The second kappa shape index (κ2) is 5.97. The zero-order valence-corrected chi connectivity index (χ0v) is 13.1. The van der Waals surface area contributed by atoms with Gasteiger partial charge in [-0.1, -0.05) is 18.5 Å². The van der Waals surface area contributed by atoms with Crippen LogP contribution >= 0.6 is 11.6 Å². The Morgan fingerprint density at radius 2 is 2.10 bits per heavy atom. The summed E-state index contributed by atoms with van der Waals surface area (Å²) >= 11 is 6.32. The number of hydrogen-bond acceptors (Lipinski definition) is 3. The third-order valence-corrected chi connectivity index (χ3v) is 3.92. The van der Waals surface area contributed by atoms with Crippen LogP contribution in [0.5, 0.6) is 0 Å². The standard InChI is InChI=1S/C14H21ClN4O/c1-5-10-14(15)11(18(4)17-10)6-13(20)12-7-16-8-19(12)9(2)3/h7-9,13,20H,5-6H2,1-4H3. The van der Waals surface area contributed by atoms with Gasteiger partial charge in [0.25, 0.3) is 0 Å². The number of halogens is 1. The number of aliphatic hydroxyl groups is 1. The fourth-order valence-electron chi connectivity index (χ4n) is 2.33. The van der Waals surface area contributed by atoms with Crippen LogP contribution in [0.1, 0.15) is 50.0 Å². The normalized spacial score (nSPS) is 13.2. The van der Waals surface area contributed by atoms with Crippen molar-refractivity contribution in [2.75, 3.05) is 0 Å². The van der Waals surface area contributed by atoms with Crippen molar-refractivity contribution in [3.63, 3.8) is 0 Å². The molecule has 0 aliphatic rings. The molecule has 2 rings (SSSR count). The van der Waals surface area contributed by atoms with E-state index in [0.717, 1.165) is 23.5 Å². The second-order valence-corrected chi connectivity index (χ2v) is 5.60. The van der Waals surface area contributed by atoms with Gasteiger partial charge in [0.1, 0.15) is 6.10 Å². The van der Waals surface area contributed by atoms with Gasteiger partial charge in [0.15, 0.2) is 0 Å². The van der Waals surface area contributed by atoms with Crippen LogP contribution in [0.3, 0.4) is 0 Å². The maximum Gasteiger partial charge on any atom is 0.101 e. The van der Waals surface area contributed by atoms with Crippen LogP contribution in [0.4, 0.5) is 0 Å². The molecular weight excluding hydrogens is 276 g/mol. The number of hydrogen-bond donors (Lipinski definition) is 1. The molecule has 110 valence electrons. The molecule has 0 aromatic carbocycles. The van der Waals surface area contributed by atoms with Crippen LogP contribution in [0.15, 0.2) is 12.5 Å². The number of rotatable bonds is 5. The highest BCUT2D eigenvalue weighted by Gasteiger charge is 2.20. The van der Waals surface area contributed by atoms with Crippen molar-refractivity contribution < 1.29 is 5.11 Å². The molecule has 0 saturated heterocycles. The molecule has 0 spiro atoms. The molecule has 6 heteroatoms. The molecule has 5 nitrogen and oxygen atoms in total. The maximum absolute atomic E-state index is 10.5. The van der Waals surface area contributed by atoms with Crippen LogP contribution in [-0.4, -0.2) is 24.4 Å². The molecule has 0 bridgehead atoms. The largest absolute Gasteiger partial charge is 0.386 e. The number of imidazole rings is 1. The summed E-state index contributed by atoms with van der Waals surface area (Å²) in [6, 6.07) is 0.260. The first-order valence-corrected chi connectivity index (χ1v) is 7.23. The predicted molar refractivity (Wildman–Crippen MR) is 78.9 cm³/mol. The Morgan fingerprint density at radius 3 is 2.65 bits per heavy atom. The topological polar surface area (TPSA) is 55.9 Å². The van der Waals surface area contributed by atoms with Gasteiger partial charge in [-0.05, 0) is 20.3 Å². The van der Waals surface area contributed by atoms with Gasteiger partial charge in [-0.15, -0.1) is 0 Å². The molecule has 0 amide bonds. The molecule has 2 aromatic rings. The average molecular weight is 297 g/mol. The zero-order valence-electron chi connectivity index (χ0n) is 12.3. The van der Waals surface area contributed by atoms with Crippen LogP contribution in [0.25, 0.3) is 0 Å². The monoisotopic (exact) mass is 296 g/mol. The van der Waals surface area contributed by atoms with E-state index in [9.17, 15) is 5.11 Å². The third-order valence-electron chi connectivity index (χ3n) is 3.48. The van der Waals surface area contributed by atoms with Crippen molar-refractivity contribution in [2.45, 2.75) is 45.8 Å². The lowest BCUT2D eigenvalue weighted by Crippen LogP contribution is -2.12. The molecule has 0 aliphatic heterocycles. The van der Waals surface area contributed by atoms with Crippen molar-refractivity contribution in [3.8, 4) is 0 Å². The fraction of sp³-hybridized carbons (Fsp3) is 0.571. The summed E-state index contributed by atoms with van der Waals surface area (Å²) in [5, 5.41) is 15.5. The summed E-state index contributed by atoms with van der Waals surface area (Å²) in [6.45, 7) is 6.14. The SMILES string of the molecule is CCc1nn(C)c(CC(O)c2cncn2C(C)C)c1Cl. The van der Waals surface area contributed by atoms with E-state index >= 15 is 0 Å². The van der Waals surface area contributed by atoms with E-state index in [-0.39, 0.29) is 6.04 Å². The Morgan fingerprint density at radius 1 is 1.40 bits per heavy atom. The van der Waals surface area contributed by atoms with Gasteiger partial charge in [-0.25, -0.2) is 4.98 Å². The van der Waals surface area contributed by atoms with Crippen molar-refractivity contribution in [1.82, 2.24) is 19.3 Å². The maximum atomic E-state index is 10.5. The predicted octanol–water partition coefficient (Wildman–Crippen LogP) is 2.69. The molecule has 0 radical (unpaired) electrons. The van der Waals surface area contributed by atoms with Crippen LogP contribution in [0.2, 0.25) is 5.02 Å². The molecule has 2 aromatic heterocycles. The highest BCUT2D eigenvalue weighted by atomic mass is 35.5. The second-order valence-electron chi connectivity index (χ2n) is 5.22. The summed E-state index contributed by atoms with van der Waals surface area (Å²) in [4.78, 5) is 4.12. The molecule has 1 N–H and O–H groups in total. The van der Waals surface area contributed by atoms with E-state index in [2.05, 4.69) is 23.9 Å². The number of aromatic nitrogens is 4. The van der Waals surface area contributed by atoms with E-state index in [1.165, 1.54) is 0 Å². The minimum Gasteiger partial charge on any atom is -0.386 e. The van der Waals surface area contributed by atoms with E-state index in [1.807, 2.05) is 18.5 Å². The van der Waals surface area contributed by atoms with E-state index in [4.69, 9.17) is 11.6 Å². The minimum atomic E-state index is -0.641. The summed E-state index contributed by atoms with van der Waals surface area (Å²) in [6.07, 6.45) is 4.02. The van der Waals surface area contributed by atoms with Crippen molar-refractivity contribution in [3.05, 3.63) is 34.6 Å². The summed E-state index contributed by atoms with van der Waals surface area (Å²) in [5.41, 5.74) is 2.52. The molecule has 2 heterocycles. The lowest BCUT2D eigenvalue weighted by atomic mass is 10.1. The first-order valence-electron chi connectivity index (χ1n) is 6.85. The van der Waals surface area contributed by atoms with Gasteiger partial charge in [-0.2, -0.15) is 5.10 Å². The first-order chi connectivity index (χ1) is 9.45. The molecule has 1 unspecified atom stereocenters. The van der Waals surface area contributed by atoms with Crippen LogP contribution in [0, 0.1) is 0 Å². The smallest absolute Gasteiger partial charge is 0.101 e. The first kappa shape index (κ1) is 15.1. The van der Waals surface area contributed by atoms with Gasteiger partial charge in [-0.3, -0.25) is 4.68 Å². The van der Waals surface area contributed by atoms with Gasteiger partial charge < -0.3 is 9.67 Å². The van der Waals surface area contributed by atoms with Gasteiger partial charge in [0.05, 0.1) is 34.6 Å². The minimum absolute atomic E-state index is 0.260. The highest BCUT2D eigenvalue weighted by Crippen LogP contribution is 2.27. The molecule has 0 saturated carbocycles. The van der Waals surface area contributed by atoms with E-state index in [0.29, 0.717) is 11.4 Å². The van der Waals surface area contributed by atoms with Crippen molar-refractivity contribution >= 4 is 11.6 Å². The van der Waals surface area contributed by atoms with E-state index in [1.54, 1.807) is 17.2 Å². The summed E-state index contributed by atoms with van der Waals surface area (Å²) in [5.74, 6) is 0. The van der Waals surface area contributed by atoms with Crippen molar-refractivity contribution in [2.24, 2.45) is 7.05 Å². The highest BCUT2D eigenvalue weighted by molar-refractivity contribution is 6.31. The molecular formula is C14H21ClN4O. The van der Waals surface area contributed by atoms with Crippen molar-refractivity contribution in [1.29, 1.82) is 0 Å². The quantitative estimate of drug-likeness (QED) is 0.923. The Bertz CT molecular complexity index is 588. The average Bonchev–Trinajstić information content (AvgIpc) is 2.98. The number of aryl methyl sites for hydroxylation is 2. The molecule has 20 heavy (non-hydrogen) atoms. The zero-order chi connectivity index (χ0) is 14.9. The van der Waals surface area contributed by atoms with Crippen LogP contribution in [-0.2, 0) is 19.9 Å². The number of aliphatic hydroxyl groups excluding tert-OH is 1. The third kappa shape index (κ3) is 2.74. The van der Waals surface area contributed by atoms with Gasteiger partial charge in [0.2, 0.25) is 0 Å². The van der Waals surface area contributed by atoms with Gasteiger partial charge in [0, 0.05) is 19.5 Å². The Hall–Kier alpha value is -1.33. The molecule has 0 fully saturated rings. The Balaban J connectivity index is 2.26. The Labute approximate surface area is 124 Å². The molecule has 1 atom stereocenters. The Kier molecular flexibility index (Phi) is 4.50. The summed E-state index contributed by atoms with van der Waals surface area (Å²) < 4.78 is 3.72. The lowest BCUT2D eigenvalue weighted by molar-refractivity contribution is 0.164. The summed E-state index contributed by atoms with van der Waals surface area (Å²) in [7, 11) is 1.85. The van der Waals surface area contributed by atoms with E-state index < -0.39 is 6.10 Å². The van der Waals surface area contributed by atoms with Gasteiger partial charge >= 0.3 is 0 Å².